The van der Waals surface area contributed by atoms with Crippen molar-refractivity contribution in [3.63, 3.8) is 0 Å². The van der Waals surface area contributed by atoms with Crippen LogP contribution in [0.1, 0.15) is 28.1 Å². The summed E-state index contributed by atoms with van der Waals surface area (Å²) in [5.74, 6) is -0.977. The Hall–Kier alpha value is -2.71. The second kappa shape index (κ2) is 5.65. The van der Waals surface area contributed by atoms with Crippen molar-refractivity contribution in [3.05, 3.63) is 52.1 Å². The number of hydrogen-bond acceptors (Lipinski definition) is 4. The highest BCUT2D eigenvalue weighted by Crippen LogP contribution is 2.32. The van der Waals surface area contributed by atoms with E-state index in [2.05, 4.69) is 15.3 Å². The van der Waals surface area contributed by atoms with E-state index in [0.717, 1.165) is 21.2 Å². The third-order valence-electron chi connectivity index (χ3n) is 4.80. The van der Waals surface area contributed by atoms with Gasteiger partial charge in [-0.25, -0.2) is 4.39 Å². The zero-order valence-corrected chi connectivity index (χ0v) is 14.1. The maximum atomic E-state index is 13.4. The average Bonchev–Trinajstić information content (AvgIpc) is 3.02. The SMILES string of the molecule is Cc1c(N2CCc3cc(F)ccc3C2)nn2c(C(F)(F)F)nnc2c1C. The number of nitrogens with zero attached hydrogens (tertiary/aromatic N) is 5. The Morgan fingerprint density at radius 2 is 1.81 bits per heavy atom. The van der Waals surface area contributed by atoms with Gasteiger partial charge < -0.3 is 4.90 Å². The summed E-state index contributed by atoms with van der Waals surface area (Å²) in [7, 11) is 0. The predicted octanol–water partition coefficient (Wildman–Crippen LogP) is 3.46. The molecule has 3 heterocycles. The second-order valence-electron chi connectivity index (χ2n) is 6.41. The van der Waals surface area contributed by atoms with Gasteiger partial charge in [0.15, 0.2) is 11.5 Å². The van der Waals surface area contributed by atoms with Gasteiger partial charge in [-0.05, 0) is 43.5 Å². The maximum Gasteiger partial charge on any atom is 0.453 e. The molecule has 1 aliphatic rings. The predicted molar refractivity (Wildman–Crippen MR) is 86.4 cm³/mol. The van der Waals surface area contributed by atoms with Gasteiger partial charge >= 0.3 is 6.18 Å². The Labute approximate surface area is 146 Å². The number of fused-ring (bicyclic) bond motifs is 2. The molecule has 9 heteroatoms. The molecule has 0 bridgehead atoms. The van der Waals surface area contributed by atoms with Crippen LogP contribution in [0, 0.1) is 19.7 Å². The molecule has 0 N–H and O–H groups in total. The monoisotopic (exact) mass is 365 g/mol. The highest BCUT2D eigenvalue weighted by molar-refractivity contribution is 5.60. The van der Waals surface area contributed by atoms with Crippen LogP contribution in [0.25, 0.3) is 5.65 Å². The molecular formula is C17H15F4N5. The van der Waals surface area contributed by atoms with Crippen LogP contribution in [-0.2, 0) is 19.1 Å². The van der Waals surface area contributed by atoms with E-state index in [4.69, 9.17) is 0 Å². The smallest absolute Gasteiger partial charge is 0.350 e. The van der Waals surface area contributed by atoms with Gasteiger partial charge in [-0.1, -0.05) is 6.07 Å². The van der Waals surface area contributed by atoms with Crippen molar-refractivity contribution in [2.24, 2.45) is 0 Å². The molecule has 0 spiro atoms. The quantitative estimate of drug-likeness (QED) is 0.620. The summed E-state index contributed by atoms with van der Waals surface area (Å²) in [4.78, 5) is 1.90. The fraction of sp³-hybridized carbons (Fsp3) is 0.353. The summed E-state index contributed by atoms with van der Waals surface area (Å²) < 4.78 is 53.7. The third kappa shape index (κ3) is 2.58. The van der Waals surface area contributed by atoms with Crippen LogP contribution in [0.4, 0.5) is 23.4 Å². The van der Waals surface area contributed by atoms with Crippen molar-refractivity contribution in [2.45, 2.75) is 33.0 Å². The molecule has 0 saturated carbocycles. The van der Waals surface area contributed by atoms with E-state index in [1.54, 1.807) is 19.9 Å². The van der Waals surface area contributed by atoms with E-state index >= 15 is 0 Å². The minimum Gasteiger partial charge on any atom is -0.350 e. The molecule has 0 aliphatic carbocycles. The standard InChI is InChI=1S/C17H15F4N5/c1-9-10(2)15(24-26-14(9)22-23-16(26)17(19,20)21)25-6-5-11-7-13(18)4-3-12(11)8-25/h3-4,7H,5-6,8H2,1-2H3. The van der Waals surface area contributed by atoms with E-state index in [0.29, 0.717) is 30.9 Å². The van der Waals surface area contributed by atoms with Gasteiger partial charge in [0.2, 0.25) is 0 Å². The number of alkyl halides is 3. The van der Waals surface area contributed by atoms with Crippen molar-refractivity contribution in [2.75, 3.05) is 11.4 Å². The number of rotatable bonds is 1. The molecule has 3 aromatic rings. The van der Waals surface area contributed by atoms with E-state index < -0.39 is 12.0 Å². The average molecular weight is 365 g/mol. The first-order chi connectivity index (χ1) is 12.3. The van der Waals surface area contributed by atoms with Crippen LogP contribution in [0.3, 0.4) is 0 Å². The molecule has 0 amide bonds. The van der Waals surface area contributed by atoms with Crippen LogP contribution < -0.4 is 4.90 Å². The molecule has 2 aromatic heterocycles. The van der Waals surface area contributed by atoms with E-state index in [-0.39, 0.29) is 11.5 Å². The fourth-order valence-corrected chi connectivity index (χ4v) is 3.29. The summed E-state index contributed by atoms with van der Waals surface area (Å²) in [5, 5.41) is 11.1. The first kappa shape index (κ1) is 16.7. The summed E-state index contributed by atoms with van der Waals surface area (Å²) in [5.41, 5.74) is 3.30. The first-order valence-electron chi connectivity index (χ1n) is 8.08. The molecule has 4 rings (SSSR count). The van der Waals surface area contributed by atoms with Crippen LogP contribution in [0.5, 0.6) is 0 Å². The van der Waals surface area contributed by atoms with Crippen LogP contribution >= 0.6 is 0 Å². The van der Waals surface area contributed by atoms with E-state index in [1.807, 2.05) is 4.90 Å². The van der Waals surface area contributed by atoms with Gasteiger partial charge in [-0.3, -0.25) is 0 Å². The molecular weight excluding hydrogens is 350 g/mol. The molecule has 136 valence electrons. The minimum atomic E-state index is -4.64. The molecule has 0 atom stereocenters. The summed E-state index contributed by atoms with van der Waals surface area (Å²) >= 11 is 0. The third-order valence-corrected chi connectivity index (χ3v) is 4.80. The minimum absolute atomic E-state index is 0.0954. The lowest BCUT2D eigenvalue weighted by atomic mass is 9.99. The maximum absolute atomic E-state index is 13.4. The van der Waals surface area contributed by atoms with Gasteiger partial charge in [0, 0.05) is 24.2 Å². The van der Waals surface area contributed by atoms with Crippen molar-refractivity contribution >= 4 is 11.5 Å². The number of halogens is 4. The van der Waals surface area contributed by atoms with E-state index in [1.165, 1.54) is 12.1 Å². The number of aryl methyl sites for hydroxylation is 1. The number of anilines is 1. The fourth-order valence-electron chi connectivity index (χ4n) is 3.29. The van der Waals surface area contributed by atoms with Crippen LogP contribution in [0.15, 0.2) is 18.2 Å². The highest BCUT2D eigenvalue weighted by atomic mass is 19.4. The molecule has 1 aromatic carbocycles. The Bertz CT molecular complexity index is 1010. The number of benzene rings is 1. The Balaban J connectivity index is 1.82. The summed E-state index contributed by atoms with van der Waals surface area (Å²) in [6.07, 6.45) is -4.04. The topological polar surface area (TPSA) is 46.3 Å². The summed E-state index contributed by atoms with van der Waals surface area (Å²) in [6.45, 7) is 4.51. The largest absolute Gasteiger partial charge is 0.453 e. The van der Waals surface area contributed by atoms with Crippen molar-refractivity contribution < 1.29 is 17.6 Å². The highest BCUT2D eigenvalue weighted by Gasteiger charge is 2.38. The lowest BCUT2D eigenvalue weighted by Gasteiger charge is -2.31. The van der Waals surface area contributed by atoms with Crippen LogP contribution in [-0.4, -0.2) is 26.4 Å². The van der Waals surface area contributed by atoms with Crippen molar-refractivity contribution in [1.29, 1.82) is 0 Å². The molecule has 0 radical (unpaired) electrons. The lowest BCUT2D eigenvalue weighted by Crippen LogP contribution is -2.32. The molecule has 1 aliphatic heterocycles. The normalized spacial score (nSPS) is 14.8. The summed E-state index contributed by atoms with van der Waals surface area (Å²) in [6, 6.07) is 4.60. The molecule has 0 fully saturated rings. The van der Waals surface area contributed by atoms with Gasteiger partial charge in [0.05, 0.1) is 0 Å². The first-order valence-corrected chi connectivity index (χ1v) is 8.08. The number of hydrogen-bond donors (Lipinski definition) is 0. The Kier molecular flexibility index (Phi) is 3.64. The van der Waals surface area contributed by atoms with Gasteiger partial charge in [-0.15, -0.1) is 15.3 Å². The van der Waals surface area contributed by atoms with Crippen molar-refractivity contribution in [3.8, 4) is 0 Å². The lowest BCUT2D eigenvalue weighted by molar-refractivity contribution is -0.146. The van der Waals surface area contributed by atoms with Gasteiger partial charge in [-0.2, -0.15) is 17.7 Å². The van der Waals surface area contributed by atoms with E-state index in [9.17, 15) is 17.6 Å². The number of aromatic nitrogens is 4. The molecule has 5 nitrogen and oxygen atoms in total. The Morgan fingerprint density at radius 1 is 1.04 bits per heavy atom. The Morgan fingerprint density at radius 3 is 2.54 bits per heavy atom. The van der Waals surface area contributed by atoms with Gasteiger partial charge in [0.1, 0.15) is 5.82 Å². The zero-order valence-electron chi connectivity index (χ0n) is 14.1. The molecule has 0 unspecified atom stereocenters. The van der Waals surface area contributed by atoms with Crippen LogP contribution in [0.2, 0.25) is 0 Å². The zero-order chi connectivity index (χ0) is 18.6. The van der Waals surface area contributed by atoms with Gasteiger partial charge in [0.25, 0.3) is 5.82 Å². The second-order valence-corrected chi connectivity index (χ2v) is 6.41. The molecule has 0 saturated heterocycles. The van der Waals surface area contributed by atoms with Crippen molar-refractivity contribution in [1.82, 2.24) is 19.8 Å². The molecule has 26 heavy (non-hydrogen) atoms.